The third-order valence-electron chi connectivity index (χ3n) is 1.78. The van der Waals surface area contributed by atoms with E-state index in [1.165, 1.54) is 0 Å². The molecule has 5 heteroatoms. The van der Waals surface area contributed by atoms with Gasteiger partial charge in [0.25, 0.3) is 0 Å². The van der Waals surface area contributed by atoms with E-state index in [1.54, 1.807) is 14.2 Å². The van der Waals surface area contributed by atoms with Crippen molar-refractivity contribution in [2.24, 2.45) is 4.99 Å². The second kappa shape index (κ2) is 9.15. The van der Waals surface area contributed by atoms with E-state index in [-0.39, 0.29) is 0 Å². The number of hydrogen-bond donors (Lipinski definition) is 2. The SMILES string of the molecule is CN=C(NCCOC)NCC(C)SC. The van der Waals surface area contributed by atoms with Crippen LogP contribution in [0.2, 0.25) is 0 Å². The molecule has 0 bridgehead atoms. The first kappa shape index (κ1) is 13.6. The van der Waals surface area contributed by atoms with Crippen molar-refractivity contribution in [2.75, 3.05) is 40.1 Å². The molecule has 0 aliphatic heterocycles. The van der Waals surface area contributed by atoms with Crippen LogP contribution in [0.1, 0.15) is 6.92 Å². The molecule has 0 saturated carbocycles. The summed E-state index contributed by atoms with van der Waals surface area (Å²) in [6, 6.07) is 0. The Bertz CT molecular complexity index is 164. The van der Waals surface area contributed by atoms with Gasteiger partial charge < -0.3 is 15.4 Å². The third-order valence-corrected chi connectivity index (χ3v) is 2.75. The van der Waals surface area contributed by atoms with Gasteiger partial charge in [-0.3, -0.25) is 4.99 Å². The van der Waals surface area contributed by atoms with Crippen molar-refractivity contribution in [1.29, 1.82) is 0 Å². The standard InChI is InChI=1S/C9H21N3OS/c1-8(14-4)7-12-9(10-2)11-5-6-13-3/h8H,5-7H2,1-4H3,(H2,10,11,12). The lowest BCUT2D eigenvalue weighted by Gasteiger charge is -2.14. The molecule has 0 aromatic heterocycles. The van der Waals surface area contributed by atoms with E-state index in [0.29, 0.717) is 11.9 Å². The predicted molar refractivity (Wildman–Crippen MR) is 64.2 cm³/mol. The lowest BCUT2D eigenvalue weighted by molar-refractivity contribution is 0.203. The molecular weight excluding hydrogens is 198 g/mol. The topological polar surface area (TPSA) is 45.7 Å². The molecule has 0 spiro atoms. The summed E-state index contributed by atoms with van der Waals surface area (Å²) in [7, 11) is 3.46. The Kier molecular flexibility index (Phi) is 8.87. The van der Waals surface area contributed by atoms with Gasteiger partial charge in [0.2, 0.25) is 0 Å². The highest BCUT2D eigenvalue weighted by Crippen LogP contribution is 2.01. The van der Waals surface area contributed by atoms with E-state index in [9.17, 15) is 0 Å². The molecule has 84 valence electrons. The number of methoxy groups -OCH3 is 1. The van der Waals surface area contributed by atoms with Gasteiger partial charge in [0.1, 0.15) is 0 Å². The van der Waals surface area contributed by atoms with Gasteiger partial charge in [0, 0.05) is 32.5 Å². The van der Waals surface area contributed by atoms with E-state index < -0.39 is 0 Å². The number of guanidine groups is 1. The minimum Gasteiger partial charge on any atom is -0.383 e. The molecular formula is C9H21N3OS. The van der Waals surface area contributed by atoms with Crippen molar-refractivity contribution >= 4 is 17.7 Å². The number of aliphatic imine (C=N–C) groups is 1. The minimum absolute atomic E-state index is 0.593. The van der Waals surface area contributed by atoms with Crippen molar-refractivity contribution in [3.63, 3.8) is 0 Å². The number of thioether (sulfide) groups is 1. The zero-order valence-corrected chi connectivity index (χ0v) is 10.3. The molecule has 14 heavy (non-hydrogen) atoms. The van der Waals surface area contributed by atoms with Crippen LogP contribution in [0.25, 0.3) is 0 Å². The highest BCUT2D eigenvalue weighted by molar-refractivity contribution is 7.99. The van der Waals surface area contributed by atoms with Crippen LogP contribution in [0.5, 0.6) is 0 Å². The molecule has 2 N–H and O–H groups in total. The minimum atomic E-state index is 0.593. The highest BCUT2D eigenvalue weighted by atomic mass is 32.2. The van der Waals surface area contributed by atoms with E-state index in [0.717, 1.165) is 19.0 Å². The number of nitrogens with zero attached hydrogens (tertiary/aromatic N) is 1. The van der Waals surface area contributed by atoms with Crippen LogP contribution >= 0.6 is 11.8 Å². The Balaban J connectivity index is 3.59. The summed E-state index contributed by atoms with van der Waals surface area (Å²) in [5, 5.41) is 6.99. The maximum atomic E-state index is 4.93. The number of ether oxygens (including phenoxy) is 1. The first-order valence-corrected chi connectivity index (χ1v) is 5.99. The van der Waals surface area contributed by atoms with Gasteiger partial charge in [-0.15, -0.1) is 0 Å². The Hall–Kier alpha value is -0.420. The molecule has 1 atom stereocenters. The summed E-state index contributed by atoms with van der Waals surface area (Å²) >= 11 is 1.84. The van der Waals surface area contributed by atoms with E-state index >= 15 is 0 Å². The fraction of sp³-hybridized carbons (Fsp3) is 0.889. The van der Waals surface area contributed by atoms with Gasteiger partial charge in [0.05, 0.1) is 6.61 Å². The number of nitrogens with one attached hydrogen (secondary N) is 2. The molecule has 0 aliphatic carbocycles. The van der Waals surface area contributed by atoms with Crippen LogP contribution in [0.4, 0.5) is 0 Å². The lowest BCUT2D eigenvalue weighted by Crippen LogP contribution is -2.41. The zero-order valence-electron chi connectivity index (χ0n) is 9.46. The average molecular weight is 219 g/mol. The summed E-state index contributed by atoms with van der Waals surface area (Å²) < 4.78 is 4.93. The molecule has 0 rings (SSSR count). The molecule has 0 aromatic carbocycles. The third kappa shape index (κ3) is 7.03. The normalized spacial score (nSPS) is 13.9. The molecule has 0 heterocycles. The first-order valence-electron chi connectivity index (χ1n) is 4.70. The van der Waals surface area contributed by atoms with Crippen LogP contribution in [0.15, 0.2) is 4.99 Å². The quantitative estimate of drug-likeness (QED) is 0.389. The van der Waals surface area contributed by atoms with E-state index in [2.05, 4.69) is 28.8 Å². The summed E-state index contributed by atoms with van der Waals surface area (Å²) in [5.74, 6) is 0.836. The van der Waals surface area contributed by atoms with Gasteiger partial charge in [0.15, 0.2) is 5.96 Å². The van der Waals surface area contributed by atoms with Gasteiger partial charge in [-0.2, -0.15) is 11.8 Å². The molecule has 0 radical (unpaired) electrons. The fourth-order valence-corrected chi connectivity index (χ4v) is 1.07. The predicted octanol–water partition coefficient (Wildman–Crippen LogP) is 0.549. The summed E-state index contributed by atoms with van der Waals surface area (Å²) in [6.07, 6.45) is 2.10. The molecule has 0 aromatic rings. The van der Waals surface area contributed by atoms with Crippen molar-refractivity contribution in [3.05, 3.63) is 0 Å². The Morgan fingerprint density at radius 1 is 1.50 bits per heavy atom. The number of hydrogen-bond acceptors (Lipinski definition) is 3. The van der Waals surface area contributed by atoms with Gasteiger partial charge in [-0.05, 0) is 6.26 Å². The van der Waals surface area contributed by atoms with E-state index in [4.69, 9.17) is 4.74 Å². The number of rotatable bonds is 6. The lowest BCUT2D eigenvalue weighted by atomic mass is 10.5. The van der Waals surface area contributed by atoms with Gasteiger partial charge in [-0.25, -0.2) is 0 Å². The first-order chi connectivity index (χ1) is 6.74. The van der Waals surface area contributed by atoms with Crippen LogP contribution in [0, 0.1) is 0 Å². The molecule has 0 fully saturated rings. The fourth-order valence-electron chi connectivity index (χ4n) is 0.816. The van der Waals surface area contributed by atoms with Gasteiger partial charge >= 0.3 is 0 Å². The van der Waals surface area contributed by atoms with Crippen molar-refractivity contribution < 1.29 is 4.74 Å². The van der Waals surface area contributed by atoms with Crippen molar-refractivity contribution in [2.45, 2.75) is 12.2 Å². The zero-order chi connectivity index (χ0) is 10.8. The second-order valence-electron chi connectivity index (χ2n) is 2.92. The van der Waals surface area contributed by atoms with Crippen LogP contribution in [-0.4, -0.2) is 51.3 Å². The molecule has 0 aliphatic rings. The Morgan fingerprint density at radius 3 is 2.71 bits per heavy atom. The summed E-state index contributed by atoms with van der Waals surface area (Å²) in [6.45, 7) is 4.58. The molecule has 4 nitrogen and oxygen atoms in total. The van der Waals surface area contributed by atoms with E-state index in [1.807, 2.05) is 11.8 Å². The highest BCUT2D eigenvalue weighted by Gasteiger charge is 2.00. The largest absolute Gasteiger partial charge is 0.383 e. The Morgan fingerprint density at radius 2 is 2.21 bits per heavy atom. The van der Waals surface area contributed by atoms with Crippen molar-refractivity contribution in [3.8, 4) is 0 Å². The summed E-state index contributed by atoms with van der Waals surface area (Å²) in [5.41, 5.74) is 0. The smallest absolute Gasteiger partial charge is 0.191 e. The Labute approximate surface area is 90.9 Å². The molecule has 0 saturated heterocycles. The maximum Gasteiger partial charge on any atom is 0.191 e. The molecule has 1 unspecified atom stereocenters. The van der Waals surface area contributed by atoms with Crippen LogP contribution in [0.3, 0.4) is 0 Å². The second-order valence-corrected chi connectivity index (χ2v) is 4.20. The summed E-state index contributed by atoms with van der Waals surface area (Å²) in [4.78, 5) is 4.10. The van der Waals surface area contributed by atoms with Crippen LogP contribution < -0.4 is 10.6 Å². The monoisotopic (exact) mass is 219 g/mol. The molecule has 0 amide bonds. The average Bonchev–Trinajstić information content (AvgIpc) is 2.22. The van der Waals surface area contributed by atoms with Gasteiger partial charge in [-0.1, -0.05) is 6.92 Å². The van der Waals surface area contributed by atoms with Crippen molar-refractivity contribution in [1.82, 2.24) is 10.6 Å². The van der Waals surface area contributed by atoms with Crippen LogP contribution in [-0.2, 0) is 4.74 Å². The maximum absolute atomic E-state index is 4.93.